The van der Waals surface area contributed by atoms with Crippen molar-refractivity contribution in [3.8, 4) is 0 Å². The molecule has 0 spiro atoms. The van der Waals surface area contributed by atoms with Gasteiger partial charge in [0.05, 0.1) is 6.04 Å². The van der Waals surface area contributed by atoms with E-state index in [1.807, 2.05) is 65.6 Å². The molecule has 1 heterocycles. The van der Waals surface area contributed by atoms with E-state index in [4.69, 9.17) is 0 Å². The molecule has 1 saturated heterocycles. The monoisotopic (exact) mass is 324 g/mol. The van der Waals surface area contributed by atoms with Crippen molar-refractivity contribution in [3.05, 3.63) is 71.8 Å². The summed E-state index contributed by atoms with van der Waals surface area (Å²) < 4.78 is 0. The van der Waals surface area contributed by atoms with Gasteiger partial charge in [0.1, 0.15) is 6.04 Å². The summed E-state index contributed by atoms with van der Waals surface area (Å²) in [5, 5.41) is 11.8. The van der Waals surface area contributed by atoms with E-state index in [9.17, 15) is 14.7 Å². The standard InChI is InChI=1S/C19H20N2O3/c22-18-17(11-16(20-18)19(23)24)21(12-14-7-3-1-4-8-14)13-15-9-5-2-6-10-15/h1-10,16-17H,11-13H2,(H,20,22)(H,23,24). The van der Waals surface area contributed by atoms with Crippen LogP contribution in [0.1, 0.15) is 17.5 Å². The van der Waals surface area contributed by atoms with Crippen molar-refractivity contribution in [2.24, 2.45) is 0 Å². The molecular weight excluding hydrogens is 304 g/mol. The van der Waals surface area contributed by atoms with Crippen LogP contribution in [0.15, 0.2) is 60.7 Å². The number of hydrogen-bond donors (Lipinski definition) is 2. The first kappa shape index (κ1) is 16.2. The highest BCUT2D eigenvalue weighted by molar-refractivity contribution is 5.91. The zero-order valence-electron chi connectivity index (χ0n) is 13.3. The van der Waals surface area contributed by atoms with Gasteiger partial charge in [0.15, 0.2) is 0 Å². The topological polar surface area (TPSA) is 69.6 Å². The van der Waals surface area contributed by atoms with Crippen LogP contribution in [-0.4, -0.2) is 34.0 Å². The van der Waals surface area contributed by atoms with Crippen molar-refractivity contribution < 1.29 is 14.7 Å². The van der Waals surface area contributed by atoms with Crippen LogP contribution in [0.25, 0.3) is 0 Å². The Labute approximate surface area is 140 Å². The van der Waals surface area contributed by atoms with E-state index in [-0.39, 0.29) is 12.3 Å². The van der Waals surface area contributed by atoms with Crippen molar-refractivity contribution in [2.45, 2.75) is 31.6 Å². The van der Waals surface area contributed by atoms with Crippen LogP contribution in [0, 0.1) is 0 Å². The molecule has 2 atom stereocenters. The lowest BCUT2D eigenvalue weighted by atomic mass is 10.1. The largest absolute Gasteiger partial charge is 0.480 e. The lowest BCUT2D eigenvalue weighted by molar-refractivity contribution is -0.140. The van der Waals surface area contributed by atoms with Crippen LogP contribution in [0.5, 0.6) is 0 Å². The molecule has 2 aromatic rings. The van der Waals surface area contributed by atoms with E-state index >= 15 is 0 Å². The molecule has 2 unspecified atom stereocenters. The van der Waals surface area contributed by atoms with Gasteiger partial charge < -0.3 is 10.4 Å². The second-order valence-corrected chi connectivity index (χ2v) is 6.03. The van der Waals surface area contributed by atoms with Crippen LogP contribution >= 0.6 is 0 Å². The molecule has 0 aromatic heterocycles. The third-order valence-corrected chi connectivity index (χ3v) is 4.27. The van der Waals surface area contributed by atoms with Gasteiger partial charge in [-0.2, -0.15) is 0 Å². The number of carbonyl (C=O) groups is 2. The van der Waals surface area contributed by atoms with E-state index in [0.29, 0.717) is 13.1 Å². The maximum atomic E-state index is 12.3. The van der Waals surface area contributed by atoms with Crippen molar-refractivity contribution in [1.29, 1.82) is 0 Å². The fraction of sp³-hybridized carbons (Fsp3) is 0.263. The van der Waals surface area contributed by atoms with Gasteiger partial charge in [-0.25, -0.2) is 4.79 Å². The molecule has 1 aliphatic rings. The minimum atomic E-state index is -0.981. The zero-order chi connectivity index (χ0) is 16.9. The number of carboxylic acids is 1. The van der Waals surface area contributed by atoms with E-state index in [1.54, 1.807) is 0 Å². The van der Waals surface area contributed by atoms with Gasteiger partial charge in [-0.15, -0.1) is 0 Å². The summed E-state index contributed by atoms with van der Waals surface area (Å²) in [5.74, 6) is -1.19. The Kier molecular flexibility index (Phi) is 4.91. The van der Waals surface area contributed by atoms with Crippen molar-refractivity contribution in [1.82, 2.24) is 10.2 Å². The second kappa shape index (κ2) is 7.27. The molecule has 3 rings (SSSR count). The van der Waals surface area contributed by atoms with Gasteiger partial charge in [-0.3, -0.25) is 9.69 Å². The van der Waals surface area contributed by atoms with Gasteiger partial charge in [-0.05, 0) is 11.1 Å². The summed E-state index contributed by atoms with van der Waals surface area (Å²) in [6, 6.07) is 18.6. The first-order valence-electron chi connectivity index (χ1n) is 7.98. The molecule has 0 bridgehead atoms. The molecule has 5 heteroatoms. The van der Waals surface area contributed by atoms with Gasteiger partial charge in [0.2, 0.25) is 5.91 Å². The number of carboxylic acid groups (broad SMARTS) is 1. The van der Waals surface area contributed by atoms with Crippen LogP contribution in [-0.2, 0) is 22.7 Å². The average molecular weight is 324 g/mol. The van der Waals surface area contributed by atoms with Crippen molar-refractivity contribution in [3.63, 3.8) is 0 Å². The number of carbonyl (C=O) groups excluding carboxylic acids is 1. The molecule has 2 aromatic carbocycles. The van der Waals surface area contributed by atoms with Crippen LogP contribution < -0.4 is 5.32 Å². The molecule has 1 aliphatic heterocycles. The molecule has 5 nitrogen and oxygen atoms in total. The summed E-state index contributed by atoms with van der Waals surface area (Å²) >= 11 is 0. The lowest BCUT2D eigenvalue weighted by Crippen LogP contribution is -2.40. The molecule has 0 radical (unpaired) electrons. The van der Waals surface area contributed by atoms with Gasteiger partial charge in [0.25, 0.3) is 0 Å². The summed E-state index contributed by atoms with van der Waals surface area (Å²) in [6.07, 6.45) is 0.286. The smallest absolute Gasteiger partial charge is 0.326 e. The van der Waals surface area contributed by atoms with Crippen LogP contribution in [0.3, 0.4) is 0 Å². The predicted octanol–water partition coefficient (Wildman–Crippen LogP) is 2.03. The molecule has 24 heavy (non-hydrogen) atoms. The molecule has 124 valence electrons. The Bertz CT molecular complexity index is 662. The fourth-order valence-electron chi connectivity index (χ4n) is 3.05. The third kappa shape index (κ3) is 3.81. The van der Waals surface area contributed by atoms with Crippen LogP contribution in [0.4, 0.5) is 0 Å². The summed E-state index contributed by atoms with van der Waals surface area (Å²) in [7, 11) is 0. The number of benzene rings is 2. The third-order valence-electron chi connectivity index (χ3n) is 4.27. The normalized spacial score (nSPS) is 20.1. The minimum absolute atomic E-state index is 0.214. The van der Waals surface area contributed by atoms with Crippen molar-refractivity contribution in [2.75, 3.05) is 0 Å². The van der Waals surface area contributed by atoms with Crippen molar-refractivity contribution >= 4 is 11.9 Å². The highest BCUT2D eigenvalue weighted by Crippen LogP contribution is 2.21. The molecule has 0 aliphatic carbocycles. The number of aliphatic carboxylic acids is 1. The van der Waals surface area contributed by atoms with Crippen LogP contribution in [0.2, 0.25) is 0 Å². The molecular formula is C19H20N2O3. The predicted molar refractivity (Wildman–Crippen MR) is 90.1 cm³/mol. The number of rotatable bonds is 6. The highest BCUT2D eigenvalue weighted by atomic mass is 16.4. The Morgan fingerprint density at radius 2 is 1.50 bits per heavy atom. The summed E-state index contributed by atoms with van der Waals surface area (Å²) in [4.78, 5) is 25.5. The molecule has 1 fully saturated rings. The lowest BCUT2D eigenvalue weighted by Gasteiger charge is -2.27. The SMILES string of the molecule is O=C(O)C1CC(N(Cc2ccccc2)Cc2ccccc2)C(=O)N1. The van der Waals surface area contributed by atoms with Gasteiger partial charge in [-0.1, -0.05) is 60.7 Å². The summed E-state index contributed by atoms with van der Waals surface area (Å²) in [5.41, 5.74) is 2.19. The van der Waals surface area contributed by atoms with E-state index < -0.39 is 18.1 Å². The number of nitrogens with zero attached hydrogens (tertiary/aromatic N) is 1. The summed E-state index contributed by atoms with van der Waals surface area (Å²) in [6.45, 7) is 1.19. The molecule has 0 saturated carbocycles. The first-order chi connectivity index (χ1) is 11.6. The average Bonchev–Trinajstić information content (AvgIpc) is 2.98. The second-order valence-electron chi connectivity index (χ2n) is 6.03. The highest BCUT2D eigenvalue weighted by Gasteiger charge is 2.39. The van der Waals surface area contributed by atoms with E-state index in [1.165, 1.54) is 0 Å². The Morgan fingerprint density at radius 1 is 1.00 bits per heavy atom. The zero-order valence-corrected chi connectivity index (χ0v) is 13.3. The Hall–Kier alpha value is -2.66. The maximum Gasteiger partial charge on any atom is 0.326 e. The molecule has 2 N–H and O–H groups in total. The Balaban J connectivity index is 1.81. The number of hydrogen-bond acceptors (Lipinski definition) is 3. The number of amides is 1. The number of nitrogens with one attached hydrogen (secondary N) is 1. The van der Waals surface area contributed by atoms with E-state index in [2.05, 4.69) is 5.32 Å². The van der Waals surface area contributed by atoms with Gasteiger partial charge >= 0.3 is 5.97 Å². The maximum absolute atomic E-state index is 12.3. The Morgan fingerprint density at radius 3 is 1.92 bits per heavy atom. The minimum Gasteiger partial charge on any atom is -0.480 e. The quantitative estimate of drug-likeness (QED) is 0.853. The van der Waals surface area contributed by atoms with Gasteiger partial charge in [0, 0.05) is 19.5 Å². The molecule has 1 amide bonds. The fourth-order valence-corrected chi connectivity index (χ4v) is 3.05. The van der Waals surface area contributed by atoms with E-state index in [0.717, 1.165) is 11.1 Å². The first-order valence-corrected chi connectivity index (χ1v) is 7.98.